The van der Waals surface area contributed by atoms with E-state index in [1.807, 2.05) is 31.1 Å². The average molecular weight is 490 g/mol. The number of hydrogen-bond donors (Lipinski definition) is 3. The van der Waals surface area contributed by atoms with Crippen molar-refractivity contribution in [2.24, 2.45) is 0 Å². The van der Waals surface area contributed by atoms with Gasteiger partial charge in [-0.2, -0.15) is 0 Å². The van der Waals surface area contributed by atoms with E-state index in [1.165, 1.54) is 16.2 Å². The van der Waals surface area contributed by atoms with Crippen LogP contribution < -0.4 is 20.9 Å². The molecule has 2 aliphatic heterocycles. The van der Waals surface area contributed by atoms with Crippen LogP contribution in [-0.2, 0) is 27.5 Å². The molecule has 1 saturated heterocycles. The van der Waals surface area contributed by atoms with E-state index in [1.54, 1.807) is 11.4 Å². The third kappa shape index (κ3) is 4.81. The van der Waals surface area contributed by atoms with Crippen molar-refractivity contribution in [3.63, 3.8) is 0 Å². The topological polar surface area (TPSA) is 111 Å². The number of fused-ring (bicyclic) bond motifs is 1. The highest BCUT2D eigenvalue weighted by molar-refractivity contribution is 7.10. The highest BCUT2D eigenvalue weighted by Gasteiger charge is 2.40. The third-order valence-electron chi connectivity index (χ3n) is 5.72. The Morgan fingerprint density at radius 3 is 2.79 bits per heavy atom. The lowest BCUT2D eigenvalue weighted by atomic mass is 10.0. The number of thiophene rings is 1. The molecule has 1 aromatic carbocycles. The number of carbonyl (C=O) groups excluding carboxylic acids is 4. The van der Waals surface area contributed by atoms with Crippen LogP contribution in [0.25, 0.3) is 0 Å². The first-order valence-electron chi connectivity index (χ1n) is 10.5. The van der Waals surface area contributed by atoms with E-state index in [-0.39, 0.29) is 37.2 Å². The Morgan fingerprint density at radius 2 is 2.09 bits per heavy atom. The Morgan fingerprint density at radius 1 is 1.30 bits per heavy atom. The van der Waals surface area contributed by atoms with Gasteiger partial charge in [0.1, 0.15) is 6.04 Å². The number of halogens is 1. The summed E-state index contributed by atoms with van der Waals surface area (Å²) in [5, 5.41) is 10.6. The summed E-state index contributed by atoms with van der Waals surface area (Å²) in [5.74, 6) is -1.16. The Hall–Kier alpha value is -3.11. The molecule has 0 aliphatic carbocycles. The minimum absolute atomic E-state index is 0.0759. The fourth-order valence-electron chi connectivity index (χ4n) is 3.96. The van der Waals surface area contributed by atoms with Gasteiger partial charge < -0.3 is 20.4 Å². The van der Waals surface area contributed by atoms with Gasteiger partial charge in [0.2, 0.25) is 17.7 Å². The lowest BCUT2D eigenvalue weighted by molar-refractivity contribution is -0.137. The SMILES string of the molecule is CN(C)c1ccc(NCC(=O)NCc2scc3c2CN(C2CCC(=O)NC2=O)C3=O)cc1Cl. The van der Waals surface area contributed by atoms with Gasteiger partial charge in [-0.15, -0.1) is 11.3 Å². The molecule has 3 heterocycles. The van der Waals surface area contributed by atoms with E-state index in [9.17, 15) is 19.2 Å². The highest BCUT2D eigenvalue weighted by Crippen LogP contribution is 2.33. The molecule has 33 heavy (non-hydrogen) atoms. The van der Waals surface area contributed by atoms with Gasteiger partial charge in [-0.1, -0.05) is 11.6 Å². The Kier molecular flexibility index (Phi) is 6.57. The third-order valence-corrected chi connectivity index (χ3v) is 7.05. The molecule has 1 aromatic heterocycles. The monoisotopic (exact) mass is 489 g/mol. The van der Waals surface area contributed by atoms with Gasteiger partial charge in [0, 0.05) is 43.0 Å². The van der Waals surface area contributed by atoms with Gasteiger partial charge in [-0.25, -0.2) is 0 Å². The Labute approximate surface area is 200 Å². The molecule has 0 spiro atoms. The van der Waals surface area contributed by atoms with Crippen molar-refractivity contribution in [2.75, 3.05) is 30.9 Å². The molecule has 2 aromatic rings. The molecule has 1 unspecified atom stereocenters. The van der Waals surface area contributed by atoms with Crippen molar-refractivity contribution in [3.8, 4) is 0 Å². The number of benzene rings is 1. The van der Waals surface area contributed by atoms with Crippen molar-refractivity contribution in [2.45, 2.75) is 32.0 Å². The fourth-order valence-corrected chi connectivity index (χ4v) is 5.28. The fraction of sp³-hybridized carbons (Fsp3) is 0.364. The van der Waals surface area contributed by atoms with Crippen molar-refractivity contribution in [3.05, 3.63) is 44.6 Å². The average Bonchev–Trinajstić information content (AvgIpc) is 3.30. The minimum atomic E-state index is -0.648. The van der Waals surface area contributed by atoms with Crippen LogP contribution in [0.2, 0.25) is 5.02 Å². The summed E-state index contributed by atoms with van der Waals surface area (Å²) in [6.07, 6.45) is 0.535. The number of hydrogen-bond acceptors (Lipinski definition) is 7. The number of carbonyl (C=O) groups is 4. The van der Waals surface area contributed by atoms with Crippen molar-refractivity contribution in [1.29, 1.82) is 0 Å². The van der Waals surface area contributed by atoms with Gasteiger partial charge in [-0.05, 0) is 30.2 Å². The second kappa shape index (κ2) is 9.40. The summed E-state index contributed by atoms with van der Waals surface area (Å²) in [6.45, 7) is 0.661. The Bertz CT molecular complexity index is 1130. The maximum Gasteiger partial charge on any atom is 0.256 e. The summed E-state index contributed by atoms with van der Waals surface area (Å²) in [4.78, 5) is 53.0. The molecule has 0 saturated carbocycles. The first-order chi connectivity index (χ1) is 15.7. The van der Waals surface area contributed by atoms with Crippen molar-refractivity contribution < 1.29 is 19.2 Å². The number of amides is 4. The second-order valence-electron chi connectivity index (χ2n) is 8.14. The van der Waals surface area contributed by atoms with E-state index in [4.69, 9.17) is 11.6 Å². The van der Waals surface area contributed by atoms with E-state index in [0.717, 1.165) is 21.8 Å². The van der Waals surface area contributed by atoms with E-state index in [2.05, 4.69) is 16.0 Å². The zero-order valence-corrected chi connectivity index (χ0v) is 19.8. The van der Waals surface area contributed by atoms with E-state index in [0.29, 0.717) is 23.6 Å². The number of piperidine rings is 1. The molecule has 0 bridgehead atoms. The molecular formula is C22H24ClN5O4S. The van der Waals surface area contributed by atoms with Gasteiger partial charge in [0.25, 0.3) is 5.91 Å². The minimum Gasteiger partial charge on any atom is -0.376 e. The molecule has 11 heteroatoms. The number of rotatable bonds is 7. The first kappa shape index (κ1) is 23.1. The Balaban J connectivity index is 1.32. The summed E-state index contributed by atoms with van der Waals surface area (Å²) in [6, 6.07) is 4.86. The molecule has 174 valence electrons. The quantitative estimate of drug-likeness (QED) is 0.513. The summed E-state index contributed by atoms with van der Waals surface area (Å²) < 4.78 is 0. The predicted molar refractivity (Wildman–Crippen MR) is 126 cm³/mol. The largest absolute Gasteiger partial charge is 0.376 e. The van der Waals surface area contributed by atoms with Gasteiger partial charge in [0.05, 0.1) is 29.4 Å². The van der Waals surface area contributed by atoms with Crippen molar-refractivity contribution >= 4 is 57.9 Å². The lowest BCUT2D eigenvalue weighted by Gasteiger charge is -2.29. The molecule has 3 N–H and O–H groups in total. The van der Waals surface area contributed by atoms with Crippen LogP contribution in [0.15, 0.2) is 23.6 Å². The molecule has 4 rings (SSSR count). The van der Waals surface area contributed by atoms with Crippen LogP contribution in [0.1, 0.15) is 33.6 Å². The van der Waals surface area contributed by atoms with Crippen LogP contribution in [0.4, 0.5) is 11.4 Å². The normalized spacial score (nSPS) is 17.6. The van der Waals surface area contributed by atoms with Crippen LogP contribution in [0, 0.1) is 0 Å². The standard InChI is InChI=1S/C22H24ClN5O4S/c1-27(2)16-4-3-12(7-15(16)23)24-9-20(30)25-8-18-13-10-28(22(32)14(13)11-33-18)17-5-6-19(29)26-21(17)31/h3-4,7,11,17,24H,5-6,8-10H2,1-2H3,(H,25,30)(H,26,29,31). The zero-order valence-electron chi connectivity index (χ0n) is 18.2. The first-order valence-corrected chi connectivity index (χ1v) is 11.7. The van der Waals surface area contributed by atoms with E-state index < -0.39 is 11.9 Å². The second-order valence-corrected chi connectivity index (χ2v) is 9.51. The van der Waals surface area contributed by atoms with Crippen LogP contribution >= 0.6 is 22.9 Å². The van der Waals surface area contributed by atoms with E-state index >= 15 is 0 Å². The predicted octanol–water partition coefficient (Wildman–Crippen LogP) is 1.96. The zero-order chi connectivity index (χ0) is 23.7. The van der Waals surface area contributed by atoms with Gasteiger partial charge >= 0.3 is 0 Å². The van der Waals surface area contributed by atoms with Crippen LogP contribution in [-0.4, -0.2) is 55.2 Å². The lowest BCUT2D eigenvalue weighted by Crippen LogP contribution is -2.52. The molecule has 9 nitrogen and oxygen atoms in total. The maximum atomic E-state index is 12.8. The number of anilines is 2. The molecular weight excluding hydrogens is 466 g/mol. The number of imide groups is 1. The molecule has 1 fully saturated rings. The van der Waals surface area contributed by atoms with Gasteiger partial charge in [0.15, 0.2) is 0 Å². The van der Waals surface area contributed by atoms with Crippen LogP contribution in [0.5, 0.6) is 0 Å². The summed E-state index contributed by atoms with van der Waals surface area (Å²) >= 11 is 7.67. The number of nitrogens with one attached hydrogen (secondary N) is 3. The number of nitrogens with zero attached hydrogens (tertiary/aromatic N) is 2. The molecule has 2 aliphatic rings. The molecule has 0 radical (unpaired) electrons. The van der Waals surface area contributed by atoms with Crippen molar-refractivity contribution in [1.82, 2.24) is 15.5 Å². The van der Waals surface area contributed by atoms with Crippen LogP contribution in [0.3, 0.4) is 0 Å². The maximum absolute atomic E-state index is 12.8. The molecule has 1 atom stereocenters. The molecule has 4 amide bonds. The summed E-state index contributed by atoms with van der Waals surface area (Å²) in [7, 11) is 3.81. The highest BCUT2D eigenvalue weighted by atomic mass is 35.5. The smallest absolute Gasteiger partial charge is 0.256 e. The summed E-state index contributed by atoms with van der Waals surface area (Å²) in [5.41, 5.74) is 3.01. The van der Waals surface area contributed by atoms with Gasteiger partial charge in [-0.3, -0.25) is 24.5 Å².